The van der Waals surface area contributed by atoms with Crippen LogP contribution in [0, 0.1) is 0 Å². The summed E-state index contributed by atoms with van der Waals surface area (Å²) in [4.78, 5) is 4.69. The minimum atomic E-state index is -2.82. The first-order chi connectivity index (χ1) is 20.6. The van der Waals surface area contributed by atoms with Gasteiger partial charge in [0.2, 0.25) is 0 Å². The van der Waals surface area contributed by atoms with E-state index in [0.29, 0.717) is 38.8 Å². The molecule has 0 saturated heterocycles. The van der Waals surface area contributed by atoms with E-state index in [-0.39, 0.29) is 0 Å². The Morgan fingerprint density at radius 3 is 1.05 bits per heavy atom. The van der Waals surface area contributed by atoms with E-state index < -0.39 is 14.3 Å². The fraction of sp³-hybridized carbons (Fsp3) is 0.171. The molecule has 0 spiro atoms. The smallest absolute Gasteiger partial charge is 0.145 e. The molecule has 0 aliphatic carbocycles. The van der Waals surface area contributed by atoms with Crippen LogP contribution in [0.25, 0.3) is 0 Å². The number of pyridine rings is 1. The molecule has 0 amide bonds. The van der Waals surface area contributed by atoms with E-state index >= 15 is 0 Å². The molecule has 0 bridgehead atoms. The highest BCUT2D eigenvalue weighted by molar-refractivity contribution is 7.79. The van der Waals surface area contributed by atoms with Crippen LogP contribution in [0.2, 0.25) is 0 Å². The summed E-state index contributed by atoms with van der Waals surface area (Å²) >= 11 is 0. The van der Waals surface area contributed by atoms with Crippen molar-refractivity contribution in [3.05, 3.63) is 151 Å². The van der Waals surface area contributed by atoms with Gasteiger partial charge < -0.3 is 18.6 Å². The number of aromatic nitrogens is 1. The lowest BCUT2D eigenvalue weighted by atomic mass is 10.3. The summed E-state index contributed by atoms with van der Waals surface area (Å²) in [6, 6.07) is 44.3. The van der Waals surface area contributed by atoms with E-state index in [1.165, 1.54) is 0 Å². The van der Waals surface area contributed by atoms with E-state index in [0.717, 1.165) is 32.6 Å². The van der Waals surface area contributed by atoms with Gasteiger partial charge in [0.25, 0.3) is 0 Å². The molecule has 4 aromatic carbocycles. The fourth-order valence-electron chi connectivity index (χ4n) is 4.92. The molecule has 0 aliphatic rings. The Kier molecular flexibility index (Phi) is 10.3. The van der Waals surface area contributed by atoms with Crippen LogP contribution in [0.4, 0.5) is 0 Å². The van der Waals surface area contributed by atoms with Crippen molar-refractivity contribution in [3.8, 4) is 0 Å². The lowest BCUT2D eigenvalue weighted by molar-refractivity contribution is 0.126. The quantitative estimate of drug-likeness (QED) is 0.114. The van der Waals surface area contributed by atoms with E-state index in [9.17, 15) is 9.13 Å². The molecular weight excluding hydrogens is 560 g/mol. The van der Waals surface area contributed by atoms with Gasteiger partial charge in [-0.15, -0.1) is 0 Å². The first-order valence-electron chi connectivity index (χ1n) is 14.1. The first-order valence-corrected chi connectivity index (χ1v) is 17.9. The third-order valence-corrected chi connectivity index (χ3v) is 13.3. The molecule has 7 heteroatoms. The largest absolute Gasteiger partial charge is 0.375 e. The molecule has 214 valence electrons. The molecule has 5 rings (SSSR count). The highest BCUT2D eigenvalue weighted by atomic mass is 31.2. The molecule has 0 atom stereocenters. The zero-order valence-corrected chi connectivity index (χ0v) is 25.3. The predicted octanol–water partition coefficient (Wildman–Crippen LogP) is 6.14. The second kappa shape index (κ2) is 14.5. The normalized spacial score (nSPS) is 11.8. The van der Waals surface area contributed by atoms with E-state index in [1.807, 2.05) is 140 Å². The summed E-state index contributed by atoms with van der Waals surface area (Å²) in [5.74, 6) is 0. The van der Waals surface area contributed by atoms with Crippen LogP contribution in [0.15, 0.2) is 140 Å². The van der Waals surface area contributed by atoms with E-state index in [1.54, 1.807) is 0 Å². The van der Waals surface area contributed by atoms with Crippen LogP contribution in [-0.4, -0.2) is 30.5 Å². The van der Waals surface area contributed by atoms with Gasteiger partial charge in [0.15, 0.2) is 0 Å². The molecule has 0 saturated carbocycles. The zero-order chi connectivity index (χ0) is 29.1. The second-order valence-electron chi connectivity index (χ2n) is 9.99. The lowest BCUT2D eigenvalue weighted by Crippen LogP contribution is -2.20. The molecule has 0 fully saturated rings. The van der Waals surface area contributed by atoms with Crippen molar-refractivity contribution in [3.63, 3.8) is 0 Å². The molecule has 5 nitrogen and oxygen atoms in total. The van der Waals surface area contributed by atoms with Gasteiger partial charge in [0.1, 0.15) is 14.3 Å². The van der Waals surface area contributed by atoms with Gasteiger partial charge in [-0.2, -0.15) is 0 Å². The average Bonchev–Trinajstić information content (AvgIpc) is 3.07. The van der Waals surface area contributed by atoms with Crippen LogP contribution >= 0.6 is 14.3 Å². The molecule has 0 radical (unpaired) electrons. The summed E-state index contributed by atoms with van der Waals surface area (Å²) in [6.07, 6.45) is 0.819. The van der Waals surface area contributed by atoms with Crippen molar-refractivity contribution in [1.82, 2.24) is 4.98 Å². The van der Waals surface area contributed by atoms with Crippen molar-refractivity contribution in [1.29, 1.82) is 0 Å². The van der Waals surface area contributed by atoms with Crippen molar-refractivity contribution in [2.24, 2.45) is 0 Å². The van der Waals surface area contributed by atoms with Gasteiger partial charge in [0.05, 0.1) is 37.8 Å². The maximum absolute atomic E-state index is 14.1. The molecule has 1 heterocycles. The number of hydrogen-bond acceptors (Lipinski definition) is 5. The van der Waals surface area contributed by atoms with Gasteiger partial charge in [-0.1, -0.05) is 127 Å². The van der Waals surface area contributed by atoms with Crippen LogP contribution in [0.3, 0.4) is 0 Å². The Morgan fingerprint density at radius 1 is 0.429 bits per heavy atom. The van der Waals surface area contributed by atoms with Crippen LogP contribution < -0.4 is 21.2 Å². The number of benzene rings is 4. The van der Waals surface area contributed by atoms with Crippen molar-refractivity contribution in [2.45, 2.75) is 13.2 Å². The van der Waals surface area contributed by atoms with Crippen molar-refractivity contribution < 1.29 is 18.6 Å². The first kappa shape index (κ1) is 29.9. The monoisotopic (exact) mass is 595 g/mol. The molecule has 0 aliphatic heterocycles. The molecule has 1 aromatic heterocycles. The summed E-state index contributed by atoms with van der Waals surface area (Å²) in [6.45, 7) is 1.32. The molecule has 0 N–H and O–H groups in total. The van der Waals surface area contributed by atoms with Crippen LogP contribution in [-0.2, 0) is 31.8 Å². The Balaban J connectivity index is 1.15. The van der Waals surface area contributed by atoms with Crippen molar-refractivity contribution in [2.75, 3.05) is 25.5 Å². The molecule has 5 aromatic rings. The Morgan fingerprint density at radius 2 is 0.738 bits per heavy atom. The summed E-state index contributed by atoms with van der Waals surface area (Å²) in [7, 11) is -5.64. The topological polar surface area (TPSA) is 65.5 Å². The maximum atomic E-state index is 14.1. The number of nitrogens with zero attached hydrogens (tertiary/aromatic N) is 1. The Bertz CT molecular complexity index is 1420. The van der Waals surface area contributed by atoms with Gasteiger partial charge in [-0.3, -0.25) is 4.98 Å². The standard InChI is InChI=1S/C35H35NO4P2/c37-41(32-16-5-1-6-17-32,33-18-7-2-8-19-33)26-24-39-28-30-14-13-15-31(36-30)29-40-25-27-42(38,34-20-9-3-10-21-34)35-22-11-4-12-23-35/h1-23H,24-29H2. The predicted molar refractivity (Wildman–Crippen MR) is 173 cm³/mol. The molecular formula is C35H35NO4P2. The highest BCUT2D eigenvalue weighted by Crippen LogP contribution is 2.43. The average molecular weight is 596 g/mol. The lowest BCUT2D eigenvalue weighted by Gasteiger charge is -2.19. The zero-order valence-electron chi connectivity index (χ0n) is 23.5. The van der Waals surface area contributed by atoms with Gasteiger partial charge in [-0.05, 0) is 12.1 Å². The van der Waals surface area contributed by atoms with Gasteiger partial charge in [0, 0.05) is 33.5 Å². The Hall–Kier alpha value is -3.59. The minimum absolute atomic E-state index is 0.314. The van der Waals surface area contributed by atoms with Gasteiger partial charge in [-0.25, -0.2) is 0 Å². The number of rotatable bonds is 14. The molecule has 42 heavy (non-hydrogen) atoms. The molecule has 0 unspecified atom stereocenters. The fourth-order valence-corrected chi connectivity index (χ4v) is 9.94. The van der Waals surface area contributed by atoms with Crippen molar-refractivity contribution >= 4 is 35.5 Å². The van der Waals surface area contributed by atoms with E-state index in [4.69, 9.17) is 9.47 Å². The summed E-state index contributed by atoms with van der Waals surface area (Å²) in [5, 5.41) is 3.34. The third kappa shape index (κ3) is 7.43. The highest BCUT2D eigenvalue weighted by Gasteiger charge is 2.27. The van der Waals surface area contributed by atoms with E-state index in [2.05, 4.69) is 4.98 Å². The minimum Gasteiger partial charge on any atom is -0.375 e. The second-order valence-corrected chi connectivity index (χ2v) is 15.9. The summed E-state index contributed by atoms with van der Waals surface area (Å²) in [5.41, 5.74) is 1.56. The number of hydrogen-bond donors (Lipinski definition) is 0. The third-order valence-electron chi connectivity index (χ3n) is 7.16. The summed E-state index contributed by atoms with van der Waals surface area (Å²) < 4.78 is 40.2. The van der Waals surface area contributed by atoms with Crippen LogP contribution in [0.5, 0.6) is 0 Å². The SMILES string of the molecule is O=P(CCOCc1cccc(COCCP(=O)(c2ccccc2)c2ccccc2)n1)(c1ccccc1)c1ccccc1. The van der Waals surface area contributed by atoms with Gasteiger partial charge >= 0.3 is 0 Å². The Labute approximate surface area is 248 Å². The van der Waals surface area contributed by atoms with Crippen LogP contribution in [0.1, 0.15) is 11.4 Å². The maximum Gasteiger partial charge on any atom is 0.145 e. The number of ether oxygens (including phenoxy) is 2.